The molecule has 0 spiro atoms. The summed E-state index contributed by atoms with van der Waals surface area (Å²) in [6, 6.07) is 4.77. The molecule has 2 aromatic rings. The summed E-state index contributed by atoms with van der Waals surface area (Å²) in [5, 5.41) is 29.5. The van der Waals surface area contributed by atoms with Crippen molar-refractivity contribution in [3.05, 3.63) is 45.0 Å². The summed E-state index contributed by atoms with van der Waals surface area (Å²) in [7, 11) is 1.20. The van der Waals surface area contributed by atoms with Crippen molar-refractivity contribution in [1.82, 2.24) is 9.13 Å². The third-order valence-electron chi connectivity index (χ3n) is 4.28. The lowest BCUT2D eigenvalue weighted by molar-refractivity contribution is 0.0599. The Morgan fingerprint density at radius 2 is 2.17 bits per heavy atom. The Morgan fingerprint density at radius 3 is 2.75 bits per heavy atom. The highest BCUT2D eigenvalue weighted by Crippen LogP contribution is 2.34. The Hall–Kier alpha value is -3.05. The molecule has 0 fully saturated rings. The molecule has 24 heavy (non-hydrogen) atoms. The van der Waals surface area contributed by atoms with E-state index >= 15 is 0 Å². The van der Waals surface area contributed by atoms with E-state index in [4.69, 9.17) is 4.74 Å². The van der Waals surface area contributed by atoms with Crippen molar-refractivity contribution in [2.45, 2.75) is 26.0 Å². The van der Waals surface area contributed by atoms with Crippen LogP contribution in [0.1, 0.15) is 39.7 Å². The van der Waals surface area contributed by atoms with Crippen molar-refractivity contribution < 1.29 is 19.7 Å². The lowest BCUT2D eigenvalue weighted by atomic mass is 10.0. The quantitative estimate of drug-likeness (QED) is 0.785. The number of carbonyl (C=O) groups is 1. The predicted molar refractivity (Wildman–Crippen MR) is 82.1 cm³/mol. The third-order valence-corrected chi connectivity index (χ3v) is 4.28. The van der Waals surface area contributed by atoms with Gasteiger partial charge in [-0.05, 0) is 31.0 Å². The van der Waals surface area contributed by atoms with Gasteiger partial charge in [-0.3, -0.25) is 4.57 Å². The molecular formula is C16H15N3O5. The molecule has 2 heterocycles. The number of benzene rings is 1. The Kier molecular flexibility index (Phi) is 3.66. The van der Waals surface area contributed by atoms with Crippen molar-refractivity contribution >= 4 is 5.97 Å². The molecule has 0 unspecified atom stereocenters. The number of fused-ring (bicyclic) bond motifs is 1. The van der Waals surface area contributed by atoms with E-state index in [1.54, 1.807) is 6.92 Å². The average Bonchev–Trinajstić information content (AvgIpc) is 3.07. The molecular weight excluding hydrogens is 314 g/mol. The normalized spacial score (nSPS) is 15.8. The molecule has 0 saturated heterocycles. The SMILES string of the molecule is COC(=O)c1c(C#N)ccc(-n2c(O)c3n(c2=O)CC[C@H]3O)c1C. The van der Waals surface area contributed by atoms with Gasteiger partial charge in [-0.1, -0.05) is 0 Å². The highest BCUT2D eigenvalue weighted by atomic mass is 16.5. The zero-order valence-electron chi connectivity index (χ0n) is 13.1. The van der Waals surface area contributed by atoms with E-state index in [1.165, 1.54) is 23.8 Å². The summed E-state index contributed by atoms with van der Waals surface area (Å²) in [6.07, 6.45) is -0.559. The zero-order valence-corrected chi connectivity index (χ0v) is 13.1. The maximum Gasteiger partial charge on any atom is 0.339 e. The number of aromatic nitrogens is 2. The van der Waals surface area contributed by atoms with Gasteiger partial charge >= 0.3 is 11.7 Å². The first-order valence-electron chi connectivity index (χ1n) is 7.27. The molecule has 0 saturated carbocycles. The van der Waals surface area contributed by atoms with Gasteiger partial charge in [0.05, 0.1) is 23.9 Å². The van der Waals surface area contributed by atoms with Gasteiger partial charge in [0.15, 0.2) is 0 Å². The number of carbonyl (C=O) groups excluding carboxylic acids is 1. The maximum atomic E-state index is 12.6. The molecule has 1 aromatic carbocycles. The van der Waals surface area contributed by atoms with Gasteiger partial charge in [-0.15, -0.1) is 0 Å². The number of methoxy groups -OCH3 is 1. The second-order valence-corrected chi connectivity index (χ2v) is 5.52. The minimum absolute atomic E-state index is 0.0377. The first-order chi connectivity index (χ1) is 11.4. The largest absolute Gasteiger partial charge is 0.493 e. The van der Waals surface area contributed by atoms with Crippen molar-refractivity contribution in [1.29, 1.82) is 5.26 Å². The molecule has 8 heteroatoms. The topological polar surface area (TPSA) is 117 Å². The molecule has 8 nitrogen and oxygen atoms in total. The minimum atomic E-state index is -0.919. The number of nitriles is 1. The van der Waals surface area contributed by atoms with Crippen LogP contribution in [-0.4, -0.2) is 32.4 Å². The second-order valence-electron chi connectivity index (χ2n) is 5.52. The number of esters is 1. The van der Waals surface area contributed by atoms with Crippen LogP contribution in [0, 0.1) is 18.3 Å². The summed E-state index contributed by atoms with van der Waals surface area (Å²) in [6.45, 7) is 1.86. The van der Waals surface area contributed by atoms with E-state index < -0.39 is 17.8 Å². The van der Waals surface area contributed by atoms with Gasteiger partial charge in [-0.25, -0.2) is 14.2 Å². The third kappa shape index (κ3) is 2.02. The Labute approximate surface area is 136 Å². The van der Waals surface area contributed by atoms with Gasteiger partial charge in [0.25, 0.3) is 0 Å². The second kappa shape index (κ2) is 5.54. The lowest BCUT2D eigenvalue weighted by Crippen LogP contribution is -2.23. The number of aliphatic hydroxyl groups excluding tert-OH is 1. The van der Waals surface area contributed by atoms with Crippen LogP contribution in [0.3, 0.4) is 0 Å². The number of imidazole rings is 1. The van der Waals surface area contributed by atoms with Crippen LogP contribution in [0.25, 0.3) is 5.69 Å². The van der Waals surface area contributed by atoms with Crippen molar-refractivity contribution in [3.63, 3.8) is 0 Å². The van der Waals surface area contributed by atoms with Crippen LogP contribution in [-0.2, 0) is 11.3 Å². The summed E-state index contributed by atoms with van der Waals surface area (Å²) in [5.41, 5.74) is 0.382. The molecule has 1 aromatic heterocycles. The molecule has 0 aliphatic carbocycles. The molecule has 0 amide bonds. The first kappa shape index (κ1) is 15.8. The van der Waals surface area contributed by atoms with Crippen LogP contribution in [0.4, 0.5) is 0 Å². The maximum absolute atomic E-state index is 12.6. The van der Waals surface area contributed by atoms with E-state index in [0.29, 0.717) is 18.5 Å². The smallest absolute Gasteiger partial charge is 0.339 e. The number of nitrogens with zero attached hydrogens (tertiary/aromatic N) is 3. The summed E-state index contributed by atoms with van der Waals surface area (Å²) < 4.78 is 7.03. The molecule has 1 aliphatic heterocycles. The van der Waals surface area contributed by atoms with Gasteiger partial charge in [0, 0.05) is 6.54 Å². The number of rotatable bonds is 2. The van der Waals surface area contributed by atoms with Crippen LogP contribution < -0.4 is 5.69 Å². The van der Waals surface area contributed by atoms with E-state index in [2.05, 4.69) is 0 Å². The number of aliphatic hydroxyl groups is 1. The van der Waals surface area contributed by atoms with E-state index in [9.17, 15) is 25.1 Å². The van der Waals surface area contributed by atoms with E-state index in [1.807, 2.05) is 6.07 Å². The number of aromatic hydroxyl groups is 1. The van der Waals surface area contributed by atoms with Crippen molar-refractivity contribution in [3.8, 4) is 17.6 Å². The monoisotopic (exact) mass is 329 g/mol. The van der Waals surface area contributed by atoms with Crippen LogP contribution in [0.2, 0.25) is 0 Å². The number of hydrogen-bond acceptors (Lipinski definition) is 6. The zero-order chi connectivity index (χ0) is 17.6. The number of ether oxygens (including phenoxy) is 1. The Balaban J connectivity index is 2.31. The fraction of sp³-hybridized carbons (Fsp3) is 0.312. The Bertz CT molecular complexity index is 948. The van der Waals surface area contributed by atoms with Crippen molar-refractivity contribution in [2.75, 3.05) is 7.11 Å². The van der Waals surface area contributed by atoms with Crippen LogP contribution in [0.5, 0.6) is 5.88 Å². The van der Waals surface area contributed by atoms with Gasteiger partial charge in [0.1, 0.15) is 17.9 Å². The molecule has 1 atom stereocenters. The predicted octanol–water partition coefficient (Wildman–Crippen LogP) is 0.748. The lowest BCUT2D eigenvalue weighted by Gasteiger charge is -2.13. The van der Waals surface area contributed by atoms with E-state index in [0.717, 1.165) is 4.57 Å². The fourth-order valence-electron chi connectivity index (χ4n) is 3.10. The molecule has 1 aliphatic rings. The van der Waals surface area contributed by atoms with Gasteiger partial charge in [-0.2, -0.15) is 5.26 Å². The van der Waals surface area contributed by atoms with E-state index in [-0.39, 0.29) is 28.4 Å². The number of hydrogen-bond donors (Lipinski definition) is 2. The molecule has 124 valence electrons. The average molecular weight is 329 g/mol. The van der Waals surface area contributed by atoms with Crippen molar-refractivity contribution in [2.24, 2.45) is 0 Å². The molecule has 2 N–H and O–H groups in total. The Morgan fingerprint density at radius 1 is 1.46 bits per heavy atom. The van der Waals surface area contributed by atoms with Gasteiger partial charge in [0.2, 0.25) is 5.88 Å². The van der Waals surface area contributed by atoms with Gasteiger partial charge < -0.3 is 14.9 Å². The highest BCUT2D eigenvalue weighted by Gasteiger charge is 2.32. The molecule has 0 radical (unpaired) electrons. The molecule has 3 rings (SSSR count). The summed E-state index contributed by atoms with van der Waals surface area (Å²) in [4.78, 5) is 24.5. The van der Waals surface area contributed by atoms with Crippen LogP contribution in [0.15, 0.2) is 16.9 Å². The van der Waals surface area contributed by atoms with Crippen LogP contribution >= 0.6 is 0 Å². The highest BCUT2D eigenvalue weighted by molar-refractivity contribution is 5.94. The first-order valence-corrected chi connectivity index (χ1v) is 7.27. The minimum Gasteiger partial charge on any atom is -0.493 e. The summed E-state index contributed by atoms with van der Waals surface area (Å²) in [5.74, 6) is -1.07. The fourth-order valence-corrected chi connectivity index (χ4v) is 3.10. The molecule has 0 bridgehead atoms. The summed E-state index contributed by atoms with van der Waals surface area (Å²) >= 11 is 0. The standard InChI is InChI=1S/C16H15N3O5/c1-8-10(4-3-9(7-17)12(8)15(22)24-2)19-14(21)13-11(20)5-6-18(13)16(19)23/h3-4,11,20-21H,5-6H2,1-2H3/t11-/m1/s1.